The van der Waals surface area contributed by atoms with Crippen molar-refractivity contribution >= 4 is 22.5 Å². The van der Waals surface area contributed by atoms with Crippen LogP contribution in [0.25, 0.3) is 10.8 Å². The van der Waals surface area contributed by atoms with Crippen molar-refractivity contribution in [1.82, 2.24) is 0 Å². The molecule has 0 unspecified atom stereocenters. The number of carbonyl (C=O) groups is 2. The molecule has 0 aliphatic heterocycles. The highest BCUT2D eigenvalue weighted by molar-refractivity contribution is 6.01. The number of ketones is 1. The summed E-state index contributed by atoms with van der Waals surface area (Å²) in [4.78, 5) is 23.7. The Morgan fingerprint density at radius 2 is 1.87 bits per heavy atom. The third-order valence-corrected chi connectivity index (χ3v) is 3.36. The van der Waals surface area contributed by atoms with Crippen molar-refractivity contribution in [2.24, 2.45) is 5.73 Å². The maximum Gasteiger partial charge on any atom is 0.310 e. The number of allylic oxidation sites excluding steroid dienone is 1. The number of nitrogens with two attached hydrogens (primary N) is 1. The first kappa shape index (κ1) is 16.2. The van der Waals surface area contributed by atoms with Gasteiger partial charge in [0.05, 0.1) is 6.42 Å². The summed E-state index contributed by atoms with van der Waals surface area (Å²) < 4.78 is 4.96. The summed E-state index contributed by atoms with van der Waals surface area (Å²) in [5.41, 5.74) is 6.20. The molecule has 2 rings (SSSR count). The fourth-order valence-corrected chi connectivity index (χ4v) is 2.24. The largest absolute Gasteiger partial charge is 0.457 e. The van der Waals surface area contributed by atoms with Crippen LogP contribution in [0.2, 0.25) is 0 Å². The number of hydrogen-bond donors (Lipinski definition) is 1. The summed E-state index contributed by atoms with van der Waals surface area (Å²) >= 11 is 0. The van der Waals surface area contributed by atoms with Crippen LogP contribution in [0.4, 0.5) is 0 Å². The van der Waals surface area contributed by atoms with Crippen LogP contribution in [0.5, 0.6) is 0 Å². The Morgan fingerprint density at radius 1 is 1.17 bits per heavy atom. The molecule has 116 valence electrons. The molecule has 0 heterocycles. The monoisotopic (exact) mass is 308 g/mol. The lowest BCUT2D eigenvalue weighted by atomic mass is 10.0. The van der Waals surface area contributed by atoms with Gasteiger partial charge in [-0.15, -0.1) is 0 Å². The van der Waals surface area contributed by atoms with Crippen LogP contribution in [0.1, 0.15) is 12.5 Å². The summed E-state index contributed by atoms with van der Waals surface area (Å²) in [5, 5.41) is 10.8. The van der Waals surface area contributed by atoms with E-state index in [4.69, 9.17) is 15.7 Å². The van der Waals surface area contributed by atoms with E-state index in [0.29, 0.717) is 0 Å². The number of hydrogen-bond acceptors (Lipinski definition) is 5. The predicted molar refractivity (Wildman–Crippen MR) is 86.1 cm³/mol. The molecule has 0 saturated heterocycles. The zero-order chi connectivity index (χ0) is 16.8. The molecule has 0 aromatic heterocycles. The lowest BCUT2D eigenvalue weighted by Crippen LogP contribution is -2.18. The molecule has 5 nitrogen and oxygen atoms in total. The van der Waals surface area contributed by atoms with Crippen LogP contribution in [-0.2, 0) is 20.7 Å². The minimum absolute atomic E-state index is 0.0574. The molecule has 2 aromatic carbocycles. The van der Waals surface area contributed by atoms with Crippen LogP contribution in [0, 0.1) is 11.3 Å². The molecule has 2 N–H and O–H groups in total. The van der Waals surface area contributed by atoms with Crippen molar-refractivity contribution in [2.45, 2.75) is 13.3 Å². The first-order chi connectivity index (χ1) is 11.0. The predicted octanol–water partition coefficient (Wildman–Crippen LogP) is 2.25. The molecular weight excluding hydrogens is 292 g/mol. The zero-order valence-electron chi connectivity index (χ0n) is 12.7. The average Bonchev–Trinajstić information content (AvgIpc) is 2.53. The van der Waals surface area contributed by atoms with Crippen LogP contribution in [-0.4, -0.2) is 18.4 Å². The van der Waals surface area contributed by atoms with E-state index in [1.54, 1.807) is 6.07 Å². The molecule has 0 atom stereocenters. The Balaban J connectivity index is 2.04. The van der Waals surface area contributed by atoms with Gasteiger partial charge in [-0.3, -0.25) is 9.59 Å². The molecule has 0 aliphatic rings. The van der Waals surface area contributed by atoms with Gasteiger partial charge in [-0.1, -0.05) is 42.5 Å². The van der Waals surface area contributed by atoms with Crippen molar-refractivity contribution < 1.29 is 14.3 Å². The molecule has 0 saturated carbocycles. The van der Waals surface area contributed by atoms with Gasteiger partial charge in [0.15, 0.2) is 6.61 Å². The highest BCUT2D eigenvalue weighted by Gasteiger charge is 2.15. The van der Waals surface area contributed by atoms with Gasteiger partial charge >= 0.3 is 5.97 Å². The smallest absolute Gasteiger partial charge is 0.310 e. The molecule has 0 bridgehead atoms. The summed E-state index contributed by atoms with van der Waals surface area (Å²) in [6.45, 7) is 0.968. The minimum atomic E-state index is -0.598. The highest BCUT2D eigenvalue weighted by Crippen LogP contribution is 2.19. The first-order valence-electron chi connectivity index (χ1n) is 7.05. The Labute approximate surface area is 134 Å². The molecule has 0 fully saturated rings. The number of nitriles is 1. The van der Waals surface area contributed by atoms with E-state index >= 15 is 0 Å². The number of carbonyl (C=O) groups excluding carboxylic acids is 2. The zero-order valence-corrected chi connectivity index (χ0v) is 12.7. The van der Waals surface area contributed by atoms with Gasteiger partial charge in [-0.25, -0.2) is 0 Å². The molecule has 5 heteroatoms. The number of ether oxygens (including phenoxy) is 1. The van der Waals surface area contributed by atoms with Crippen LogP contribution in [0.3, 0.4) is 0 Å². The van der Waals surface area contributed by atoms with E-state index in [1.165, 1.54) is 6.92 Å². The molecular formula is C18H16N2O3. The van der Waals surface area contributed by atoms with Gasteiger partial charge in [0.2, 0.25) is 5.78 Å². The SMILES string of the molecule is C/C(N)=C(/C#N)C(=O)COC(=O)Cc1cccc2ccccc12. The lowest BCUT2D eigenvalue weighted by Gasteiger charge is -2.07. The van der Waals surface area contributed by atoms with E-state index in [0.717, 1.165) is 16.3 Å². The normalized spacial score (nSPS) is 11.5. The van der Waals surface area contributed by atoms with Crippen LogP contribution >= 0.6 is 0 Å². The van der Waals surface area contributed by atoms with Gasteiger partial charge in [0.25, 0.3) is 0 Å². The fourth-order valence-electron chi connectivity index (χ4n) is 2.24. The van der Waals surface area contributed by atoms with E-state index in [1.807, 2.05) is 42.5 Å². The lowest BCUT2D eigenvalue weighted by molar-refractivity contribution is -0.146. The van der Waals surface area contributed by atoms with Crippen molar-refractivity contribution in [3.05, 3.63) is 59.3 Å². The standard InChI is InChI=1S/C18H16N2O3/c1-12(20)16(10-19)17(21)11-23-18(22)9-14-7-4-6-13-5-2-3-8-15(13)14/h2-8H,9,11,20H2,1H3/b16-12+. The second-order valence-corrected chi connectivity index (χ2v) is 5.07. The van der Waals surface area contributed by atoms with Crippen molar-refractivity contribution in [2.75, 3.05) is 6.61 Å². The van der Waals surface area contributed by atoms with Gasteiger partial charge in [0, 0.05) is 5.70 Å². The van der Waals surface area contributed by atoms with E-state index in [-0.39, 0.29) is 17.7 Å². The Hall–Kier alpha value is -3.13. The number of rotatable bonds is 5. The second-order valence-electron chi connectivity index (χ2n) is 5.07. The maximum atomic E-state index is 11.9. The average molecular weight is 308 g/mol. The van der Waals surface area contributed by atoms with E-state index in [2.05, 4.69) is 0 Å². The van der Waals surface area contributed by atoms with E-state index < -0.39 is 18.4 Å². The molecule has 0 aliphatic carbocycles. The van der Waals surface area contributed by atoms with Crippen LogP contribution < -0.4 is 5.73 Å². The number of esters is 1. The third kappa shape index (κ3) is 3.95. The number of fused-ring (bicyclic) bond motifs is 1. The number of nitrogens with zero attached hydrogens (tertiary/aromatic N) is 1. The molecule has 23 heavy (non-hydrogen) atoms. The molecule has 2 aromatic rings. The van der Waals surface area contributed by atoms with E-state index in [9.17, 15) is 9.59 Å². The maximum absolute atomic E-state index is 11.9. The third-order valence-electron chi connectivity index (χ3n) is 3.36. The summed E-state index contributed by atoms with van der Waals surface area (Å²) in [5.74, 6) is -1.12. The second kappa shape index (κ2) is 7.23. The quantitative estimate of drug-likeness (QED) is 0.519. The number of benzene rings is 2. The summed E-state index contributed by atoms with van der Waals surface area (Å²) in [6.07, 6.45) is 0.0574. The Morgan fingerprint density at radius 3 is 2.57 bits per heavy atom. The fraction of sp³-hybridized carbons (Fsp3) is 0.167. The minimum Gasteiger partial charge on any atom is -0.457 e. The van der Waals surface area contributed by atoms with Crippen molar-refractivity contribution in [3.63, 3.8) is 0 Å². The Kier molecular flexibility index (Phi) is 5.11. The molecule has 0 amide bonds. The number of Topliss-reactive ketones (excluding diaryl/α,β-unsaturated/α-hetero) is 1. The summed E-state index contributed by atoms with van der Waals surface area (Å²) in [7, 11) is 0. The van der Waals surface area contributed by atoms with Gasteiger partial charge < -0.3 is 10.5 Å². The molecule has 0 radical (unpaired) electrons. The summed E-state index contributed by atoms with van der Waals surface area (Å²) in [6, 6.07) is 15.1. The van der Waals surface area contributed by atoms with Gasteiger partial charge in [-0.05, 0) is 23.3 Å². The van der Waals surface area contributed by atoms with Crippen LogP contribution in [0.15, 0.2) is 53.7 Å². The first-order valence-corrected chi connectivity index (χ1v) is 7.05. The molecule has 0 spiro atoms. The van der Waals surface area contributed by atoms with Crippen molar-refractivity contribution in [3.8, 4) is 6.07 Å². The highest BCUT2D eigenvalue weighted by atomic mass is 16.5. The topological polar surface area (TPSA) is 93.2 Å². The Bertz CT molecular complexity index is 822. The van der Waals surface area contributed by atoms with Gasteiger partial charge in [-0.2, -0.15) is 5.26 Å². The van der Waals surface area contributed by atoms with Crippen molar-refractivity contribution in [1.29, 1.82) is 5.26 Å². The van der Waals surface area contributed by atoms with Gasteiger partial charge in [0.1, 0.15) is 11.6 Å².